The van der Waals surface area contributed by atoms with Gasteiger partial charge in [-0.1, -0.05) is 28.1 Å². The summed E-state index contributed by atoms with van der Waals surface area (Å²) in [6, 6.07) is 14.8. The van der Waals surface area contributed by atoms with Crippen LogP contribution in [0.1, 0.15) is 21.7 Å². The summed E-state index contributed by atoms with van der Waals surface area (Å²) >= 11 is 8.63. The second-order valence-electron chi connectivity index (χ2n) is 6.97. The Morgan fingerprint density at radius 3 is 2.50 bits per heavy atom. The first kappa shape index (κ1) is 21.7. The third-order valence-corrected chi connectivity index (χ3v) is 5.61. The van der Waals surface area contributed by atoms with Crippen LogP contribution < -0.4 is 10.2 Å². The molecule has 2 heterocycles. The quantitative estimate of drug-likeness (QED) is 0.303. The Morgan fingerprint density at radius 2 is 1.84 bits per heavy atom. The number of hydrogen-bond acceptors (Lipinski definition) is 5. The summed E-state index contributed by atoms with van der Waals surface area (Å²) in [6.07, 6.45) is 1.36. The highest BCUT2D eigenvalue weighted by Crippen LogP contribution is 2.29. The first-order valence-corrected chi connectivity index (χ1v) is 10.6. The van der Waals surface area contributed by atoms with E-state index in [0.717, 1.165) is 10.0 Å². The second kappa shape index (κ2) is 8.52. The highest BCUT2D eigenvalue weighted by atomic mass is 79.9. The van der Waals surface area contributed by atoms with Gasteiger partial charge in [0.25, 0.3) is 11.8 Å². The molecule has 0 unspecified atom stereocenters. The Hall–Kier alpha value is -3.56. The smallest absolute Gasteiger partial charge is 0.335 e. The van der Waals surface area contributed by atoms with E-state index in [1.807, 2.05) is 13.0 Å². The molecular weight excluding hydrogens is 496 g/mol. The van der Waals surface area contributed by atoms with E-state index in [1.165, 1.54) is 23.1 Å². The summed E-state index contributed by atoms with van der Waals surface area (Å²) in [5.74, 6) is -1.44. The zero-order chi connectivity index (χ0) is 23.0. The largest absolute Gasteiger partial charge is 0.478 e. The highest BCUT2D eigenvalue weighted by molar-refractivity contribution is 9.10. The van der Waals surface area contributed by atoms with Crippen molar-refractivity contribution in [3.63, 3.8) is 0 Å². The number of carbonyl (C=O) groups excluding carboxylic acids is 2. The predicted octanol–water partition coefficient (Wildman–Crippen LogP) is 4.55. The zero-order valence-electron chi connectivity index (χ0n) is 16.6. The molecule has 0 saturated carbocycles. The van der Waals surface area contributed by atoms with Gasteiger partial charge in [-0.2, -0.15) is 0 Å². The third kappa shape index (κ3) is 4.12. The minimum Gasteiger partial charge on any atom is -0.478 e. The molecule has 1 saturated heterocycles. The maximum absolute atomic E-state index is 13.2. The van der Waals surface area contributed by atoms with Crippen LogP contribution in [0.2, 0.25) is 0 Å². The number of benzene rings is 2. The van der Waals surface area contributed by atoms with Gasteiger partial charge in [-0.25, -0.2) is 4.79 Å². The van der Waals surface area contributed by atoms with E-state index in [4.69, 9.17) is 21.7 Å². The van der Waals surface area contributed by atoms with Crippen LogP contribution in [0.4, 0.5) is 5.69 Å². The van der Waals surface area contributed by atoms with E-state index in [-0.39, 0.29) is 16.2 Å². The first-order valence-electron chi connectivity index (χ1n) is 9.36. The average Bonchev–Trinajstić information content (AvgIpc) is 3.21. The lowest BCUT2D eigenvalue weighted by Gasteiger charge is -2.29. The average molecular weight is 511 g/mol. The van der Waals surface area contributed by atoms with Crippen molar-refractivity contribution < 1.29 is 23.9 Å². The van der Waals surface area contributed by atoms with E-state index in [2.05, 4.69) is 21.2 Å². The zero-order valence-corrected chi connectivity index (χ0v) is 19.0. The molecule has 0 aliphatic carbocycles. The fourth-order valence-electron chi connectivity index (χ4n) is 3.25. The normalized spacial score (nSPS) is 15.2. The molecule has 0 radical (unpaired) electrons. The number of hydrogen-bond donors (Lipinski definition) is 2. The number of anilines is 1. The van der Waals surface area contributed by atoms with Gasteiger partial charge in [-0.3, -0.25) is 19.8 Å². The number of carboxylic acid groups (broad SMARTS) is 1. The van der Waals surface area contributed by atoms with Crippen molar-refractivity contribution in [2.45, 2.75) is 6.92 Å². The maximum atomic E-state index is 13.2. The van der Waals surface area contributed by atoms with Crippen LogP contribution in [0.25, 0.3) is 17.4 Å². The van der Waals surface area contributed by atoms with Crippen LogP contribution in [0.15, 0.2) is 69.1 Å². The molecule has 2 N–H and O–H groups in total. The number of carboxylic acids is 1. The lowest BCUT2D eigenvalue weighted by molar-refractivity contribution is -0.122. The number of carbonyl (C=O) groups is 3. The monoisotopic (exact) mass is 510 g/mol. The highest BCUT2D eigenvalue weighted by Gasteiger charge is 2.35. The lowest BCUT2D eigenvalue weighted by Crippen LogP contribution is -2.54. The number of nitrogens with zero attached hydrogens (tertiary/aromatic N) is 1. The van der Waals surface area contributed by atoms with E-state index in [9.17, 15) is 14.4 Å². The van der Waals surface area contributed by atoms with Gasteiger partial charge in [-0.15, -0.1) is 0 Å². The molecule has 4 rings (SSSR count). The predicted molar refractivity (Wildman–Crippen MR) is 126 cm³/mol. The van der Waals surface area contributed by atoms with Crippen molar-refractivity contribution in [2.24, 2.45) is 0 Å². The minimum absolute atomic E-state index is 0.00114. The Labute approximate surface area is 196 Å². The Bertz CT molecular complexity index is 1310. The standard InChI is InChI=1S/C23H15BrN2O5S/c1-12-10-15(24)6-8-18(12)26-21(28)17(20(27)25-23(26)32)11-16-7-9-19(31-16)13-2-4-14(5-3-13)22(29)30/h2-11H,1H3,(H,29,30)(H,25,27,32)/b17-11+. The Morgan fingerprint density at radius 1 is 1.12 bits per heavy atom. The first-order chi connectivity index (χ1) is 15.2. The number of nitrogens with one attached hydrogen (secondary N) is 1. The maximum Gasteiger partial charge on any atom is 0.335 e. The van der Waals surface area contributed by atoms with Gasteiger partial charge in [0, 0.05) is 10.0 Å². The summed E-state index contributed by atoms with van der Waals surface area (Å²) in [6.45, 7) is 1.84. The summed E-state index contributed by atoms with van der Waals surface area (Å²) in [4.78, 5) is 37.9. The van der Waals surface area contributed by atoms with E-state index in [1.54, 1.807) is 36.4 Å². The van der Waals surface area contributed by atoms with Crippen LogP contribution in [0.3, 0.4) is 0 Å². The number of halogens is 1. The molecule has 9 heteroatoms. The van der Waals surface area contributed by atoms with Crippen LogP contribution in [-0.2, 0) is 9.59 Å². The molecule has 7 nitrogen and oxygen atoms in total. The number of rotatable bonds is 4. The molecule has 1 aromatic heterocycles. The van der Waals surface area contributed by atoms with E-state index in [0.29, 0.717) is 22.8 Å². The van der Waals surface area contributed by atoms with Gasteiger partial charge in [0.15, 0.2) is 5.11 Å². The van der Waals surface area contributed by atoms with Crippen molar-refractivity contribution in [1.82, 2.24) is 5.32 Å². The number of thiocarbonyl (C=S) groups is 1. The molecule has 32 heavy (non-hydrogen) atoms. The van der Waals surface area contributed by atoms with Crippen molar-refractivity contribution in [3.05, 3.63) is 81.5 Å². The van der Waals surface area contributed by atoms with Crippen molar-refractivity contribution in [3.8, 4) is 11.3 Å². The summed E-state index contributed by atoms with van der Waals surface area (Å²) in [5, 5.41) is 11.6. The number of aromatic carboxylic acids is 1. The Balaban J connectivity index is 1.66. The lowest BCUT2D eigenvalue weighted by atomic mass is 10.1. The van der Waals surface area contributed by atoms with Gasteiger partial charge in [-0.05, 0) is 73.2 Å². The number of aryl methyl sites for hydroxylation is 1. The van der Waals surface area contributed by atoms with Gasteiger partial charge in [0.1, 0.15) is 17.1 Å². The molecule has 160 valence electrons. The molecule has 3 aromatic rings. The number of amides is 2. The fraction of sp³-hybridized carbons (Fsp3) is 0.0435. The fourth-order valence-corrected chi connectivity index (χ4v) is 4.00. The third-order valence-electron chi connectivity index (χ3n) is 4.83. The summed E-state index contributed by atoms with van der Waals surface area (Å²) in [7, 11) is 0. The number of furan rings is 1. The molecule has 0 bridgehead atoms. The van der Waals surface area contributed by atoms with Gasteiger partial charge >= 0.3 is 5.97 Å². The molecule has 2 amide bonds. The minimum atomic E-state index is -1.02. The van der Waals surface area contributed by atoms with E-state index < -0.39 is 17.8 Å². The van der Waals surface area contributed by atoms with Crippen molar-refractivity contribution in [2.75, 3.05) is 4.90 Å². The SMILES string of the molecule is Cc1cc(Br)ccc1N1C(=O)/C(=C/c2ccc(-c3ccc(C(=O)O)cc3)o2)C(=O)NC1=S. The van der Waals surface area contributed by atoms with Crippen LogP contribution in [0.5, 0.6) is 0 Å². The second-order valence-corrected chi connectivity index (χ2v) is 8.28. The van der Waals surface area contributed by atoms with Crippen molar-refractivity contribution in [1.29, 1.82) is 0 Å². The molecule has 0 spiro atoms. The van der Waals surface area contributed by atoms with E-state index >= 15 is 0 Å². The van der Waals surface area contributed by atoms with Crippen LogP contribution in [0, 0.1) is 6.92 Å². The van der Waals surface area contributed by atoms with Gasteiger partial charge < -0.3 is 9.52 Å². The van der Waals surface area contributed by atoms with Gasteiger partial charge in [0.05, 0.1) is 11.3 Å². The molecule has 1 fully saturated rings. The van der Waals surface area contributed by atoms with Crippen LogP contribution in [-0.4, -0.2) is 28.0 Å². The molecule has 2 aromatic carbocycles. The molecule has 0 atom stereocenters. The topological polar surface area (TPSA) is 99.8 Å². The molecule has 1 aliphatic rings. The van der Waals surface area contributed by atoms with Crippen LogP contribution >= 0.6 is 28.1 Å². The van der Waals surface area contributed by atoms with Crippen molar-refractivity contribution >= 4 is 62.8 Å². The Kier molecular flexibility index (Phi) is 5.77. The molecular formula is C23H15BrN2O5S. The summed E-state index contributed by atoms with van der Waals surface area (Å²) < 4.78 is 6.62. The molecule has 1 aliphatic heterocycles. The van der Waals surface area contributed by atoms with Gasteiger partial charge in [0.2, 0.25) is 0 Å². The summed E-state index contributed by atoms with van der Waals surface area (Å²) in [5.41, 5.74) is 2.06.